The molecule has 1 saturated heterocycles. The zero-order valence-electron chi connectivity index (χ0n) is 19.1. The highest BCUT2D eigenvalue weighted by molar-refractivity contribution is 6.04. The van der Waals surface area contributed by atoms with Gasteiger partial charge < -0.3 is 24.6 Å². The van der Waals surface area contributed by atoms with E-state index in [9.17, 15) is 9.59 Å². The maximum Gasteiger partial charge on any atom is 0.255 e. The van der Waals surface area contributed by atoms with E-state index >= 15 is 0 Å². The van der Waals surface area contributed by atoms with Gasteiger partial charge >= 0.3 is 0 Å². The highest BCUT2D eigenvalue weighted by Crippen LogP contribution is 2.32. The van der Waals surface area contributed by atoms with E-state index in [2.05, 4.69) is 16.3 Å². The summed E-state index contributed by atoms with van der Waals surface area (Å²) in [5.74, 6) is 1.20. The lowest BCUT2D eigenvalue weighted by Crippen LogP contribution is -2.49. The number of benzene rings is 3. The molecular weight excluding hydrogens is 430 g/mol. The van der Waals surface area contributed by atoms with E-state index in [1.54, 1.807) is 18.2 Å². The van der Waals surface area contributed by atoms with Gasteiger partial charge in [0.25, 0.3) is 5.91 Å². The van der Waals surface area contributed by atoms with E-state index < -0.39 is 0 Å². The van der Waals surface area contributed by atoms with Gasteiger partial charge in [0, 0.05) is 43.1 Å². The molecule has 0 spiro atoms. The first-order valence-corrected chi connectivity index (χ1v) is 11.4. The summed E-state index contributed by atoms with van der Waals surface area (Å²) in [6.45, 7) is 5.18. The van der Waals surface area contributed by atoms with E-state index in [0.717, 1.165) is 30.0 Å². The van der Waals surface area contributed by atoms with Crippen molar-refractivity contribution in [2.45, 2.75) is 13.3 Å². The van der Waals surface area contributed by atoms with Crippen molar-refractivity contribution in [1.29, 1.82) is 0 Å². The van der Waals surface area contributed by atoms with Gasteiger partial charge in [0.05, 0.1) is 6.42 Å². The average molecular weight is 458 g/mol. The topological polar surface area (TPSA) is 71.1 Å². The van der Waals surface area contributed by atoms with Gasteiger partial charge in [-0.3, -0.25) is 9.59 Å². The number of carbonyl (C=O) groups excluding carboxylic acids is 2. The molecule has 0 atom stereocenters. The highest BCUT2D eigenvalue weighted by atomic mass is 16.7. The van der Waals surface area contributed by atoms with Crippen LogP contribution >= 0.6 is 0 Å². The number of nitrogens with one attached hydrogen (secondary N) is 1. The standard InChI is InChI=1S/C27H27N3O4/c1-19-3-2-4-20(15-19)16-26(31)30-13-11-29(12-14-30)23-8-6-22(7-9-23)28-27(32)21-5-10-24-25(17-21)34-18-33-24/h2-10,15,17H,11-14,16,18H2,1H3,(H,28,32). The van der Waals surface area contributed by atoms with Gasteiger partial charge in [-0.2, -0.15) is 0 Å². The van der Waals surface area contributed by atoms with Crippen molar-refractivity contribution in [3.63, 3.8) is 0 Å². The van der Waals surface area contributed by atoms with Crippen LogP contribution in [0.15, 0.2) is 66.7 Å². The van der Waals surface area contributed by atoms with Crippen molar-refractivity contribution >= 4 is 23.2 Å². The number of carbonyl (C=O) groups is 2. The third-order valence-corrected chi connectivity index (χ3v) is 6.20. The number of nitrogens with zero attached hydrogens (tertiary/aromatic N) is 2. The number of amides is 2. The normalized spacial score (nSPS) is 14.7. The summed E-state index contributed by atoms with van der Waals surface area (Å²) < 4.78 is 10.6. The lowest BCUT2D eigenvalue weighted by Gasteiger charge is -2.36. The molecule has 2 aliphatic rings. The van der Waals surface area contributed by atoms with Gasteiger partial charge in [-0.15, -0.1) is 0 Å². The molecule has 7 heteroatoms. The fourth-order valence-corrected chi connectivity index (χ4v) is 4.32. The van der Waals surface area contributed by atoms with Crippen LogP contribution in [0.5, 0.6) is 11.5 Å². The zero-order chi connectivity index (χ0) is 23.5. The Hall–Kier alpha value is -4.00. The van der Waals surface area contributed by atoms with Gasteiger partial charge in [0.1, 0.15) is 0 Å². The molecule has 2 amide bonds. The number of fused-ring (bicyclic) bond motifs is 1. The third kappa shape index (κ3) is 4.83. The minimum atomic E-state index is -0.202. The number of anilines is 2. The second kappa shape index (κ2) is 9.47. The van der Waals surface area contributed by atoms with Crippen molar-refractivity contribution in [3.8, 4) is 11.5 Å². The van der Waals surface area contributed by atoms with Crippen molar-refractivity contribution in [3.05, 3.63) is 83.4 Å². The molecule has 0 saturated carbocycles. The molecular formula is C27H27N3O4. The predicted octanol–water partition coefficient (Wildman–Crippen LogP) is 3.87. The molecule has 2 heterocycles. The maximum atomic E-state index is 12.7. The summed E-state index contributed by atoms with van der Waals surface area (Å²) in [5.41, 5.74) is 4.54. The van der Waals surface area contributed by atoms with Gasteiger partial charge in [0.2, 0.25) is 12.7 Å². The summed E-state index contributed by atoms with van der Waals surface area (Å²) in [6, 6.07) is 21.1. The van der Waals surface area contributed by atoms with E-state index in [-0.39, 0.29) is 18.6 Å². The Kier molecular flexibility index (Phi) is 6.08. The van der Waals surface area contributed by atoms with Crippen LogP contribution in [-0.2, 0) is 11.2 Å². The van der Waals surface area contributed by atoms with Gasteiger partial charge in [-0.25, -0.2) is 0 Å². The van der Waals surface area contributed by atoms with Gasteiger partial charge in [-0.05, 0) is 55.0 Å². The molecule has 0 aliphatic carbocycles. The Labute approximate surface area is 198 Å². The number of piperazine rings is 1. The minimum absolute atomic E-state index is 0.173. The largest absolute Gasteiger partial charge is 0.454 e. The molecule has 0 unspecified atom stereocenters. The number of hydrogen-bond acceptors (Lipinski definition) is 5. The van der Waals surface area contributed by atoms with Crippen LogP contribution in [0.1, 0.15) is 21.5 Å². The number of ether oxygens (including phenoxy) is 2. The van der Waals surface area contributed by atoms with E-state index in [1.807, 2.05) is 54.3 Å². The molecule has 34 heavy (non-hydrogen) atoms. The van der Waals surface area contributed by atoms with Crippen LogP contribution in [0.4, 0.5) is 11.4 Å². The van der Waals surface area contributed by atoms with Crippen LogP contribution in [0.3, 0.4) is 0 Å². The predicted molar refractivity (Wildman–Crippen MR) is 131 cm³/mol. The molecule has 0 radical (unpaired) electrons. The fraction of sp³-hybridized carbons (Fsp3) is 0.259. The lowest BCUT2D eigenvalue weighted by atomic mass is 10.1. The summed E-state index contributed by atoms with van der Waals surface area (Å²) in [5, 5.41) is 2.92. The van der Waals surface area contributed by atoms with Gasteiger partial charge in [-0.1, -0.05) is 29.8 Å². The zero-order valence-corrected chi connectivity index (χ0v) is 19.1. The number of hydrogen-bond donors (Lipinski definition) is 1. The summed E-state index contributed by atoms with van der Waals surface area (Å²) in [4.78, 5) is 29.5. The third-order valence-electron chi connectivity index (χ3n) is 6.20. The van der Waals surface area contributed by atoms with Gasteiger partial charge in [0.15, 0.2) is 11.5 Å². The fourth-order valence-electron chi connectivity index (χ4n) is 4.32. The first-order valence-electron chi connectivity index (χ1n) is 11.4. The lowest BCUT2D eigenvalue weighted by molar-refractivity contribution is -0.130. The van der Waals surface area contributed by atoms with E-state index in [4.69, 9.17) is 9.47 Å². The number of aryl methyl sites for hydroxylation is 1. The summed E-state index contributed by atoms with van der Waals surface area (Å²) in [7, 11) is 0. The van der Waals surface area contributed by atoms with Crippen LogP contribution in [0.2, 0.25) is 0 Å². The Morgan fingerprint density at radius 3 is 2.41 bits per heavy atom. The van der Waals surface area contributed by atoms with Crippen LogP contribution in [-0.4, -0.2) is 49.7 Å². The highest BCUT2D eigenvalue weighted by Gasteiger charge is 2.22. The Morgan fingerprint density at radius 2 is 1.65 bits per heavy atom. The smallest absolute Gasteiger partial charge is 0.255 e. The molecule has 1 N–H and O–H groups in total. The Balaban J connectivity index is 1.14. The quantitative estimate of drug-likeness (QED) is 0.630. The Bertz CT molecular complexity index is 1200. The monoisotopic (exact) mass is 457 g/mol. The molecule has 5 rings (SSSR count). The first kappa shape index (κ1) is 21.8. The second-order valence-electron chi connectivity index (χ2n) is 8.60. The number of rotatable bonds is 5. The molecule has 174 valence electrons. The molecule has 3 aromatic carbocycles. The second-order valence-corrected chi connectivity index (χ2v) is 8.60. The maximum absolute atomic E-state index is 12.7. The van der Waals surface area contributed by atoms with E-state index in [1.165, 1.54) is 5.56 Å². The van der Waals surface area contributed by atoms with Crippen molar-refractivity contribution < 1.29 is 19.1 Å². The molecule has 0 aromatic heterocycles. The van der Waals surface area contributed by atoms with Crippen molar-refractivity contribution in [2.24, 2.45) is 0 Å². The van der Waals surface area contributed by atoms with Crippen LogP contribution in [0.25, 0.3) is 0 Å². The minimum Gasteiger partial charge on any atom is -0.454 e. The molecule has 7 nitrogen and oxygen atoms in total. The van der Waals surface area contributed by atoms with Crippen molar-refractivity contribution in [1.82, 2.24) is 4.90 Å². The van der Waals surface area contributed by atoms with Crippen molar-refractivity contribution in [2.75, 3.05) is 43.2 Å². The van der Waals surface area contributed by atoms with E-state index in [0.29, 0.717) is 36.6 Å². The average Bonchev–Trinajstić information content (AvgIpc) is 3.33. The van der Waals surface area contributed by atoms with Crippen LogP contribution < -0.4 is 19.7 Å². The molecule has 2 aliphatic heterocycles. The Morgan fingerprint density at radius 1 is 0.882 bits per heavy atom. The summed E-state index contributed by atoms with van der Waals surface area (Å²) >= 11 is 0. The molecule has 0 bridgehead atoms. The molecule has 1 fully saturated rings. The van der Waals surface area contributed by atoms with Crippen LogP contribution in [0, 0.1) is 6.92 Å². The first-order chi connectivity index (χ1) is 16.5. The summed E-state index contributed by atoms with van der Waals surface area (Å²) in [6.07, 6.45) is 0.444. The molecule has 3 aromatic rings. The SMILES string of the molecule is Cc1cccc(CC(=O)N2CCN(c3ccc(NC(=O)c4ccc5c(c4)OCO5)cc3)CC2)c1.